The maximum absolute atomic E-state index is 11.6. The highest BCUT2D eigenvalue weighted by Crippen LogP contribution is 2.17. The lowest BCUT2D eigenvalue weighted by molar-refractivity contribution is -0.140. The van der Waals surface area contributed by atoms with Gasteiger partial charge in [0.25, 0.3) is 5.95 Å². The molecule has 0 amide bonds. The SMILES string of the molecule is CCCCOC(=O)CSc1nnc(-n2nc(C)cc2C)n1N. The van der Waals surface area contributed by atoms with Gasteiger partial charge in [-0.3, -0.25) is 4.79 Å². The van der Waals surface area contributed by atoms with Crippen LogP contribution in [0.3, 0.4) is 0 Å². The van der Waals surface area contributed by atoms with Crippen molar-refractivity contribution < 1.29 is 9.53 Å². The van der Waals surface area contributed by atoms with Crippen molar-refractivity contribution in [2.24, 2.45) is 0 Å². The Morgan fingerprint density at radius 1 is 1.41 bits per heavy atom. The number of aryl methyl sites for hydroxylation is 2. The first-order chi connectivity index (χ1) is 10.5. The number of aromatic nitrogens is 5. The third-order valence-electron chi connectivity index (χ3n) is 2.93. The molecule has 2 N–H and O–H groups in total. The molecule has 0 atom stereocenters. The van der Waals surface area contributed by atoms with Gasteiger partial charge < -0.3 is 10.6 Å². The van der Waals surface area contributed by atoms with Crippen LogP contribution in [0.2, 0.25) is 0 Å². The molecule has 22 heavy (non-hydrogen) atoms. The zero-order chi connectivity index (χ0) is 16.1. The van der Waals surface area contributed by atoms with Gasteiger partial charge in [-0.2, -0.15) is 5.10 Å². The van der Waals surface area contributed by atoms with Crippen LogP contribution in [0.25, 0.3) is 5.95 Å². The minimum absolute atomic E-state index is 0.149. The molecule has 2 aromatic heterocycles. The lowest BCUT2D eigenvalue weighted by Crippen LogP contribution is -2.17. The van der Waals surface area contributed by atoms with Crippen LogP contribution in [0.4, 0.5) is 0 Å². The average Bonchev–Trinajstić information content (AvgIpc) is 2.99. The first-order valence-electron chi connectivity index (χ1n) is 7.05. The molecule has 9 heteroatoms. The molecule has 2 aromatic rings. The van der Waals surface area contributed by atoms with E-state index < -0.39 is 0 Å². The van der Waals surface area contributed by atoms with Gasteiger partial charge in [0.1, 0.15) is 0 Å². The smallest absolute Gasteiger partial charge is 0.316 e. The number of esters is 1. The predicted molar refractivity (Wildman–Crippen MR) is 83.4 cm³/mol. The Balaban J connectivity index is 1.99. The Morgan fingerprint density at radius 3 is 2.82 bits per heavy atom. The summed E-state index contributed by atoms with van der Waals surface area (Å²) in [7, 11) is 0. The summed E-state index contributed by atoms with van der Waals surface area (Å²) >= 11 is 1.19. The minimum Gasteiger partial charge on any atom is -0.465 e. The Kier molecular flexibility index (Phi) is 5.42. The number of unbranched alkanes of at least 4 members (excludes halogenated alkanes) is 1. The zero-order valence-electron chi connectivity index (χ0n) is 12.9. The van der Waals surface area contributed by atoms with Gasteiger partial charge in [-0.25, -0.2) is 9.36 Å². The zero-order valence-corrected chi connectivity index (χ0v) is 13.8. The number of hydrogen-bond donors (Lipinski definition) is 1. The normalized spacial score (nSPS) is 10.9. The molecular formula is C13H20N6O2S. The van der Waals surface area contributed by atoms with Crippen molar-refractivity contribution >= 4 is 17.7 Å². The third-order valence-corrected chi connectivity index (χ3v) is 3.84. The fraction of sp³-hybridized carbons (Fsp3) is 0.538. The standard InChI is InChI=1S/C13H20N6O2S/c1-4-5-6-21-11(20)8-22-13-16-15-12(18(13)14)19-10(3)7-9(2)17-19/h7H,4-6,8,14H2,1-3H3. The highest BCUT2D eigenvalue weighted by atomic mass is 32.2. The maximum Gasteiger partial charge on any atom is 0.316 e. The highest BCUT2D eigenvalue weighted by Gasteiger charge is 2.16. The van der Waals surface area contributed by atoms with Gasteiger partial charge in [-0.1, -0.05) is 25.1 Å². The summed E-state index contributed by atoms with van der Waals surface area (Å²) in [5.41, 5.74) is 1.78. The van der Waals surface area contributed by atoms with Crippen LogP contribution in [-0.2, 0) is 9.53 Å². The Bertz CT molecular complexity index is 651. The van der Waals surface area contributed by atoms with Crippen molar-refractivity contribution in [2.75, 3.05) is 18.2 Å². The van der Waals surface area contributed by atoms with E-state index in [4.69, 9.17) is 10.6 Å². The van der Waals surface area contributed by atoms with Crippen LogP contribution in [0.15, 0.2) is 11.2 Å². The molecule has 0 radical (unpaired) electrons. The van der Waals surface area contributed by atoms with Crippen LogP contribution in [0, 0.1) is 13.8 Å². The first-order valence-corrected chi connectivity index (χ1v) is 8.04. The van der Waals surface area contributed by atoms with Gasteiger partial charge in [0, 0.05) is 5.69 Å². The van der Waals surface area contributed by atoms with Gasteiger partial charge in [-0.15, -0.1) is 10.2 Å². The number of nitrogen functional groups attached to an aromatic ring is 1. The van der Waals surface area contributed by atoms with E-state index >= 15 is 0 Å². The van der Waals surface area contributed by atoms with Crippen LogP contribution in [0.5, 0.6) is 0 Å². The largest absolute Gasteiger partial charge is 0.465 e. The number of carbonyl (C=O) groups is 1. The molecule has 2 rings (SSSR count). The number of thioether (sulfide) groups is 1. The van der Waals surface area contributed by atoms with E-state index in [1.54, 1.807) is 4.68 Å². The van der Waals surface area contributed by atoms with E-state index in [9.17, 15) is 4.79 Å². The van der Waals surface area contributed by atoms with Gasteiger partial charge in [-0.05, 0) is 26.3 Å². The molecule has 0 aliphatic heterocycles. The Hall–Kier alpha value is -2.03. The van der Waals surface area contributed by atoms with Crippen LogP contribution < -0.4 is 5.84 Å². The van der Waals surface area contributed by atoms with E-state index in [2.05, 4.69) is 15.3 Å². The predicted octanol–water partition coefficient (Wildman–Crippen LogP) is 1.23. The summed E-state index contributed by atoms with van der Waals surface area (Å²) in [6.07, 6.45) is 1.86. The molecule has 0 saturated carbocycles. The molecule has 8 nitrogen and oxygen atoms in total. The maximum atomic E-state index is 11.6. The summed E-state index contributed by atoms with van der Waals surface area (Å²) in [4.78, 5) is 11.6. The molecule has 0 unspecified atom stereocenters. The summed E-state index contributed by atoms with van der Waals surface area (Å²) in [5.74, 6) is 6.25. The quantitative estimate of drug-likeness (QED) is 0.354. The van der Waals surface area contributed by atoms with Crippen LogP contribution in [0.1, 0.15) is 31.2 Å². The van der Waals surface area contributed by atoms with Gasteiger partial charge >= 0.3 is 5.97 Å². The van der Waals surface area contributed by atoms with Crippen LogP contribution >= 0.6 is 11.8 Å². The van der Waals surface area contributed by atoms with E-state index in [0.717, 1.165) is 24.2 Å². The fourth-order valence-electron chi connectivity index (χ4n) is 1.84. The average molecular weight is 324 g/mol. The van der Waals surface area contributed by atoms with E-state index in [-0.39, 0.29) is 11.7 Å². The van der Waals surface area contributed by atoms with E-state index in [1.165, 1.54) is 16.4 Å². The topological polar surface area (TPSA) is 101 Å². The molecule has 0 spiro atoms. The molecule has 0 bridgehead atoms. The van der Waals surface area contributed by atoms with Crippen molar-refractivity contribution in [3.63, 3.8) is 0 Å². The molecule has 2 heterocycles. The van der Waals surface area contributed by atoms with Crippen molar-refractivity contribution in [3.05, 3.63) is 17.5 Å². The summed E-state index contributed by atoms with van der Waals surface area (Å²) < 4.78 is 8.02. The monoisotopic (exact) mass is 324 g/mol. The summed E-state index contributed by atoms with van der Waals surface area (Å²) in [6.45, 7) is 6.29. The molecule has 0 aliphatic rings. The molecular weight excluding hydrogens is 304 g/mol. The Morgan fingerprint density at radius 2 is 2.18 bits per heavy atom. The Labute approximate surface area is 133 Å². The number of hydrogen-bond acceptors (Lipinski definition) is 7. The second-order valence-electron chi connectivity index (χ2n) is 4.85. The number of nitrogens with two attached hydrogens (primary N) is 1. The lowest BCUT2D eigenvalue weighted by Gasteiger charge is -2.05. The molecule has 0 fully saturated rings. The van der Waals surface area contributed by atoms with Gasteiger partial charge in [0.2, 0.25) is 5.16 Å². The first kappa shape index (κ1) is 16.3. The molecule has 120 valence electrons. The van der Waals surface area contributed by atoms with Gasteiger partial charge in [0.05, 0.1) is 18.1 Å². The van der Waals surface area contributed by atoms with Crippen molar-refractivity contribution in [1.29, 1.82) is 0 Å². The second-order valence-corrected chi connectivity index (χ2v) is 5.80. The van der Waals surface area contributed by atoms with Crippen molar-refractivity contribution in [1.82, 2.24) is 24.7 Å². The number of rotatable bonds is 7. The summed E-state index contributed by atoms with van der Waals surface area (Å²) in [6, 6.07) is 1.92. The van der Waals surface area contributed by atoms with E-state index in [1.807, 2.05) is 26.8 Å². The van der Waals surface area contributed by atoms with Crippen molar-refractivity contribution in [3.8, 4) is 5.95 Å². The highest BCUT2D eigenvalue weighted by molar-refractivity contribution is 7.99. The van der Waals surface area contributed by atoms with Crippen molar-refractivity contribution in [2.45, 2.75) is 38.8 Å². The van der Waals surface area contributed by atoms with Crippen LogP contribution in [-0.4, -0.2) is 43.0 Å². The second kappa shape index (κ2) is 7.30. The minimum atomic E-state index is -0.283. The lowest BCUT2D eigenvalue weighted by atomic mass is 10.4. The summed E-state index contributed by atoms with van der Waals surface area (Å²) in [5, 5.41) is 12.8. The molecule has 0 saturated heterocycles. The molecule has 0 aromatic carbocycles. The van der Waals surface area contributed by atoms with E-state index in [0.29, 0.717) is 17.7 Å². The number of nitrogens with zero attached hydrogens (tertiary/aromatic N) is 5. The molecule has 0 aliphatic carbocycles. The van der Waals surface area contributed by atoms with Gasteiger partial charge in [0.15, 0.2) is 0 Å². The fourth-order valence-corrected chi connectivity index (χ4v) is 2.49. The number of carbonyl (C=O) groups excluding carboxylic acids is 1. The number of ether oxygens (including phenoxy) is 1. The third kappa shape index (κ3) is 3.79.